The van der Waals surface area contributed by atoms with E-state index in [1.165, 1.54) is 71.1 Å². The van der Waals surface area contributed by atoms with Gasteiger partial charge in [-0.15, -0.1) is 0 Å². The van der Waals surface area contributed by atoms with Crippen LogP contribution in [0.4, 0.5) is 0 Å². The highest BCUT2D eigenvalue weighted by Gasteiger charge is 2.36. The summed E-state index contributed by atoms with van der Waals surface area (Å²) in [5.41, 5.74) is 0.641. The first-order valence-electron chi connectivity index (χ1n) is 9.49. The predicted octanol–water partition coefficient (Wildman–Crippen LogP) is 4.30. The first kappa shape index (κ1) is 17.3. The minimum absolute atomic E-state index is 0.641. The Morgan fingerprint density at radius 3 is 2.57 bits per heavy atom. The summed E-state index contributed by atoms with van der Waals surface area (Å²) in [5, 5.41) is 3.75. The van der Waals surface area contributed by atoms with Crippen LogP contribution in [-0.2, 0) is 0 Å². The van der Waals surface area contributed by atoms with Crippen molar-refractivity contribution in [3.8, 4) is 0 Å². The van der Waals surface area contributed by atoms with E-state index in [1.54, 1.807) is 0 Å². The lowest BCUT2D eigenvalue weighted by Gasteiger charge is -2.40. The van der Waals surface area contributed by atoms with Crippen LogP contribution in [0.3, 0.4) is 0 Å². The van der Waals surface area contributed by atoms with Crippen LogP contribution < -0.4 is 5.32 Å². The van der Waals surface area contributed by atoms with Gasteiger partial charge >= 0.3 is 0 Å². The summed E-state index contributed by atoms with van der Waals surface area (Å²) in [5.74, 6) is 1.64. The third kappa shape index (κ3) is 5.25. The predicted molar refractivity (Wildman–Crippen MR) is 92.7 cm³/mol. The molecule has 0 radical (unpaired) electrons. The maximum absolute atomic E-state index is 3.75. The van der Waals surface area contributed by atoms with Crippen LogP contribution in [-0.4, -0.2) is 37.1 Å². The maximum Gasteiger partial charge on any atom is 0.00767 e. The molecule has 2 heteroatoms. The lowest BCUT2D eigenvalue weighted by Crippen LogP contribution is -2.46. The van der Waals surface area contributed by atoms with Gasteiger partial charge in [0.15, 0.2) is 0 Å². The molecule has 1 aliphatic heterocycles. The number of nitrogens with zero attached hydrogens (tertiary/aromatic N) is 1. The summed E-state index contributed by atoms with van der Waals surface area (Å²) in [7, 11) is 0. The molecular formula is C19H38N2. The van der Waals surface area contributed by atoms with Gasteiger partial charge in [-0.05, 0) is 62.4 Å². The van der Waals surface area contributed by atoms with Crippen molar-refractivity contribution in [2.75, 3.05) is 26.2 Å². The van der Waals surface area contributed by atoms with Crippen molar-refractivity contribution in [2.45, 2.75) is 78.7 Å². The highest BCUT2D eigenvalue weighted by molar-refractivity contribution is 4.89. The van der Waals surface area contributed by atoms with E-state index in [0.717, 1.165) is 17.9 Å². The van der Waals surface area contributed by atoms with Crippen molar-refractivity contribution in [3.05, 3.63) is 0 Å². The van der Waals surface area contributed by atoms with E-state index < -0.39 is 0 Å². The molecule has 21 heavy (non-hydrogen) atoms. The normalized spacial score (nSPS) is 31.3. The molecule has 1 saturated carbocycles. The van der Waals surface area contributed by atoms with Gasteiger partial charge in [-0.25, -0.2) is 0 Å². The van der Waals surface area contributed by atoms with Crippen molar-refractivity contribution < 1.29 is 0 Å². The van der Waals surface area contributed by atoms with Crippen LogP contribution in [0.25, 0.3) is 0 Å². The van der Waals surface area contributed by atoms with E-state index in [4.69, 9.17) is 0 Å². The molecule has 2 aliphatic rings. The molecule has 0 spiro atoms. The summed E-state index contributed by atoms with van der Waals surface area (Å²) in [6.45, 7) is 14.7. The van der Waals surface area contributed by atoms with Crippen molar-refractivity contribution in [2.24, 2.45) is 17.3 Å². The van der Waals surface area contributed by atoms with Crippen molar-refractivity contribution in [3.63, 3.8) is 0 Å². The van der Waals surface area contributed by atoms with Crippen LogP contribution in [0.5, 0.6) is 0 Å². The van der Waals surface area contributed by atoms with Crippen LogP contribution >= 0.6 is 0 Å². The minimum Gasteiger partial charge on any atom is -0.314 e. The molecule has 2 rings (SSSR count). The highest BCUT2D eigenvalue weighted by atomic mass is 15.1. The summed E-state index contributed by atoms with van der Waals surface area (Å²) >= 11 is 0. The van der Waals surface area contributed by atoms with Gasteiger partial charge in [0.05, 0.1) is 0 Å². The molecule has 1 saturated heterocycles. The molecule has 2 unspecified atom stereocenters. The summed E-state index contributed by atoms with van der Waals surface area (Å²) in [6.07, 6.45) is 9.94. The standard InChI is InChI=1S/C19H38N2/c1-5-18-8-11-21(14-17(4)13-20-18)15-19(12-16(2)3)9-6-7-10-19/h16-18,20H,5-15H2,1-4H3. The van der Waals surface area contributed by atoms with Crippen molar-refractivity contribution in [1.29, 1.82) is 0 Å². The first-order chi connectivity index (χ1) is 10.0. The number of nitrogens with one attached hydrogen (secondary N) is 1. The molecule has 124 valence electrons. The molecule has 0 aromatic carbocycles. The van der Waals surface area contributed by atoms with E-state index in [2.05, 4.69) is 37.9 Å². The Balaban J connectivity index is 1.97. The average Bonchev–Trinajstić information content (AvgIpc) is 2.83. The van der Waals surface area contributed by atoms with Gasteiger partial charge in [0.25, 0.3) is 0 Å². The third-order valence-corrected chi connectivity index (χ3v) is 5.68. The fourth-order valence-electron chi connectivity index (χ4n) is 4.79. The van der Waals surface area contributed by atoms with Gasteiger partial charge in [0, 0.05) is 19.1 Å². The SMILES string of the molecule is CCC1CCN(CC2(CC(C)C)CCCC2)CC(C)CN1. The highest BCUT2D eigenvalue weighted by Crippen LogP contribution is 2.44. The van der Waals surface area contributed by atoms with E-state index >= 15 is 0 Å². The second-order valence-electron chi connectivity index (χ2n) is 8.45. The van der Waals surface area contributed by atoms with E-state index in [-0.39, 0.29) is 0 Å². The Kier molecular flexibility index (Phi) is 6.55. The molecule has 2 fully saturated rings. The molecule has 2 atom stereocenters. The van der Waals surface area contributed by atoms with Crippen molar-refractivity contribution in [1.82, 2.24) is 10.2 Å². The largest absolute Gasteiger partial charge is 0.314 e. The average molecular weight is 295 g/mol. The van der Waals surface area contributed by atoms with Gasteiger partial charge in [-0.1, -0.05) is 40.5 Å². The van der Waals surface area contributed by atoms with E-state index in [9.17, 15) is 0 Å². The lowest BCUT2D eigenvalue weighted by molar-refractivity contribution is 0.103. The molecule has 1 aliphatic carbocycles. The molecule has 0 aromatic heterocycles. The van der Waals surface area contributed by atoms with Crippen LogP contribution in [0.1, 0.15) is 72.6 Å². The molecule has 2 nitrogen and oxygen atoms in total. The number of rotatable bonds is 5. The molecule has 1 N–H and O–H groups in total. The van der Waals surface area contributed by atoms with Gasteiger partial charge in [-0.3, -0.25) is 0 Å². The Morgan fingerprint density at radius 1 is 1.24 bits per heavy atom. The second-order valence-corrected chi connectivity index (χ2v) is 8.45. The summed E-state index contributed by atoms with van der Waals surface area (Å²) in [6, 6.07) is 0.736. The van der Waals surface area contributed by atoms with Crippen LogP contribution in [0, 0.1) is 17.3 Å². The molecule has 0 amide bonds. The topological polar surface area (TPSA) is 15.3 Å². The lowest BCUT2D eigenvalue weighted by atomic mass is 9.78. The zero-order valence-electron chi connectivity index (χ0n) is 15.0. The number of hydrogen-bond donors (Lipinski definition) is 1. The molecule has 0 aromatic rings. The Morgan fingerprint density at radius 2 is 1.95 bits per heavy atom. The fraction of sp³-hybridized carbons (Fsp3) is 1.00. The smallest absolute Gasteiger partial charge is 0.00767 e. The van der Waals surface area contributed by atoms with Crippen LogP contribution in [0.2, 0.25) is 0 Å². The summed E-state index contributed by atoms with van der Waals surface area (Å²) in [4.78, 5) is 2.82. The maximum atomic E-state index is 3.75. The van der Waals surface area contributed by atoms with Gasteiger partial charge in [-0.2, -0.15) is 0 Å². The van der Waals surface area contributed by atoms with Gasteiger partial charge < -0.3 is 10.2 Å². The Bertz CT molecular complexity index is 294. The quantitative estimate of drug-likeness (QED) is 0.813. The Hall–Kier alpha value is -0.0800. The minimum atomic E-state index is 0.641. The first-order valence-corrected chi connectivity index (χ1v) is 9.49. The van der Waals surface area contributed by atoms with Crippen molar-refractivity contribution >= 4 is 0 Å². The molecular weight excluding hydrogens is 256 g/mol. The van der Waals surface area contributed by atoms with E-state index in [0.29, 0.717) is 5.41 Å². The second kappa shape index (κ2) is 7.97. The van der Waals surface area contributed by atoms with Gasteiger partial charge in [0.2, 0.25) is 0 Å². The molecule has 0 bridgehead atoms. The third-order valence-electron chi connectivity index (χ3n) is 5.68. The van der Waals surface area contributed by atoms with Gasteiger partial charge in [0.1, 0.15) is 0 Å². The van der Waals surface area contributed by atoms with Crippen LogP contribution in [0.15, 0.2) is 0 Å². The zero-order chi connectivity index (χ0) is 15.3. The zero-order valence-corrected chi connectivity index (χ0v) is 15.0. The summed E-state index contributed by atoms with van der Waals surface area (Å²) < 4.78 is 0. The monoisotopic (exact) mass is 294 g/mol. The van der Waals surface area contributed by atoms with E-state index in [1.807, 2.05) is 0 Å². The number of hydrogen-bond acceptors (Lipinski definition) is 2. The molecule has 1 heterocycles. The Labute approximate surface area is 133 Å². The fourth-order valence-corrected chi connectivity index (χ4v) is 4.79.